The Kier molecular flexibility index (Phi) is 5.01. The highest BCUT2D eigenvalue weighted by molar-refractivity contribution is 5.95. The molecule has 20 heavy (non-hydrogen) atoms. The van der Waals surface area contributed by atoms with E-state index >= 15 is 0 Å². The third-order valence-corrected chi connectivity index (χ3v) is 3.68. The van der Waals surface area contributed by atoms with Gasteiger partial charge in [0, 0.05) is 24.3 Å². The predicted octanol–water partition coefficient (Wildman–Crippen LogP) is 2.72. The van der Waals surface area contributed by atoms with Gasteiger partial charge in [0.25, 0.3) is 5.91 Å². The molecule has 0 aromatic heterocycles. The molecule has 2 atom stereocenters. The first-order valence-corrected chi connectivity index (χ1v) is 7.38. The Labute approximate surface area is 120 Å². The lowest BCUT2D eigenvalue weighted by molar-refractivity contribution is 0.0637. The number of anilines is 1. The lowest BCUT2D eigenvalue weighted by Crippen LogP contribution is -2.23. The summed E-state index contributed by atoms with van der Waals surface area (Å²) in [6.07, 6.45) is 2.87. The molecule has 1 amide bonds. The minimum absolute atomic E-state index is 0.0266. The molecule has 0 saturated carbocycles. The first-order valence-electron chi connectivity index (χ1n) is 7.38. The second-order valence-electron chi connectivity index (χ2n) is 5.42. The zero-order valence-corrected chi connectivity index (χ0v) is 12.5. The molecule has 2 unspecified atom stereocenters. The van der Waals surface area contributed by atoms with Crippen LogP contribution in [0.3, 0.4) is 0 Å². The van der Waals surface area contributed by atoms with E-state index in [0.717, 1.165) is 30.6 Å². The molecular weight excluding hydrogens is 252 g/mol. The first kappa shape index (κ1) is 14.9. The average molecular weight is 276 g/mol. The summed E-state index contributed by atoms with van der Waals surface area (Å²) in [6, 6.07) is 5.75. The molecule has 110 valence electrons. The highest BCUT2D eigenvalue weighted by atomic mass is 16.5. The molecule has 2 N–H and O–H groups in total. The van der Waals surface area contributed by atoms with Crippen molar-refractivity contribution in [3.05, 3.63) is 29.3 Å². The molecule has 1 aromatic carbocycles. The van der Waals surface area contributed by atoms with Crippen LogP contribution in [0.15, 0.2) is 18.2 Å². The van der Waals surface area contributed by atoms with E-state index in [2.05, 4.69) is 17.6 Å². The molecule has 1 aromatic rings. The van der Waals surface area contributed by atoms with Gasteiger partial charge < -0.3 is 15.4 Å². The number of hydrogen-bond donors (Lipinski definition) is 2. The fourth-order valence-corrected chi connectivity index (χ4v) is 2.48. The van der Waals surface area contributed by atoms with E-state index in [4.69, 9.17) is 4.74 Å². The predicted molar refractivity (Wildman–Crippen MR) is 81.2 cm³/mol. The van der Waals surface area contributed by atoms with Crippen LogP contribution < -0.4 is 10.6 Å². The molecule has 1 fully saturated rings. The Morgan fingerprint density at radius 2 is 2.20 bits per heavy atom. The van der Waals surface area contributed by atoms with Crippen LogP contribution in [0.1, 0.15) is 42.6 Å². The van der Waals surface area contributed by atoms with Crippen molar-refractivity contribution in [2.75, 3.05) is 18.4 Å². The molecule has 0 radical (unpaired) electrons. The molecule has 1 aliphatic rings. The summed E-state index contributed by atoms with van der Waals surface area (Å²) in [5, 5.41) is 6.23. The van der Waals surface area contributed by atoms with Gasteiger partial charge in [-0.15, -0.1) is 0 Å². The van der Waals surface area contributed by atoms with Crippen LogP contribution in [0.5, 0.6) is 0 Å². The molecule has 0 aliphatic carbocycles. The van der Waals surface area contributed by atoms with Crippen LogP contribution >= 0.6 is 0 Å². The fraction of sp³-hybridized carbons (Fsp3) is 0.562. The number of ether oxygens (including phenoxy) is 1. The quantitative estimate of drug-likeness (QED) is 0.869. The minimum Gasteiger partial charge on any atom is -0.382 e. The average Bonchev–Trinajstić information content (AvgIpc) is 2.84. The molecule has 4 heteroatoms. The summed E-state index contributed by atoms with van der Waals surface area (Å²) in [5.41, 5.74) is 2.85. The number of amides is 1. The Hall–Kier alpha value is -1.55. The molecule has 2 rings (SSSR count). The third-order valence-electron chi connectivity index (χ3n) is 3.68. The van der Waals surface area contributed by atoms with E-state index in [-0.39, 0.29) is 12.0 Å². The molecule has 1 saturated heterocycles. The van der Waals surface area contributed by atoms with E-state index in [0.29, 0.717) is 18.2 Å². The summed E-state index contributed by atoms with van der Waals surface area (Å²) in [7, 11) is 0. The van der Waals surface area contributed by atoms with Crippen molar-refractivity contribution >= 4 is 11.6 Å². The molecular formula is C16H24N2O2. The fourth-order valence-electron chi connectivity index (χ4n) is 2.48. The van der Waals surface area contributed by atoms with Crippen LogP contribution in [-0.2, 0) is 4.74 Å². The summed E-state index contributed by atoms with van der Waals surface area (Å²) in [5.74, 6) is -0.0266. The van der Waals surface area contributed by atoms with Gasteiger partial charge in [-0.2, -0.15) is 0 Å². The van der Waals surface area contributed by atoms with Crippen LogP contribution in [0, 0.1) is 6.92 Å². The summed E-state index contributed by atoms with van der Waals surface area (Å²) in [4.78, 5) is 11.8. The van der Waals surface area contributed by atoms with E-state index in [1.165, 1.54) is 0 Å². The SMILES string of the molecule is CCNC(=O)c1ccc(C)c(NCC2CCC(C)O2)c1. The summed E-state index contributed by atoms with van der Waals surface area (Å²) < 4.78 is 5.80. The van der Waals surface area contributed by atoms with Crippen molar-refractivity contribution in [2.24, 2.45) is 0 Å². The molecule has 1 aliphatic heterocycles. The normalized spacial score (nSPS) is 21.8. The maximum absolute atomic E-state index is 11.8. The van der Waals surface area contributed by atoms with Gasteiger partial charge in [0.05, 0.1) is 12.2 Å². The summed E-state index contributed by atoms with van der Waals surface area (Å²) >= 11 is 0. The van der Waals surface area contributed by atoms with Gasteiger partial charge in [0.15, 0.2) is 0 Å². The Balaban J connectivity index is 1.99. The second kappa shape index (κ2) is 6.75. The summed E-state index contributed by atoms with van der Waals surface area (Å²) in [6.45, 7) is 7.51. The number of hydrogen-bond acceptors (Lipinski definition) is 3. The van der Waals surface area contributed by atoms with Crippen molar-refractivity contribution in [3.63, 3.8) is 0 Å². The maximum atomic E-state index is 11.8. The highest BCUT2D eigenvalue weighted by Gasteiger charge is 2.21. The van der Waals surface area contributed by atoms with Crippen LogP contribution in [0.25, 0.3) is 0 Å². The third kappa shape index (κ3) is 3.73. The van der Waals surface area contributed by atoms with Crippen LogP contribution in [0.2, 0.25) is 0 Å². The van der Waals surface area contributed by atoms with Crippen molar-refractivity contribution in [2.45, 2.75) is 45.8 Å². The number of benzene rings is 1. The van der Waals surface area contributed by atoms with Gasteiger partial charge >= 0.3 is 0 Å². The number of nitrogens with one attached hydrogen (secondary N) is 2. The van der Waals surface area contributed by atoms with Gasteiger partial charge in [0.2, 0.25) is 0 Å². The smallest absolute Gasteiger partial charge is 0.251 e. The number of rotatable bonds is 5. The zero-order chi connectivity index (χ0) is 14.5. The molecule has 4 nitrogen and oxygen atoms in total. The number of carbonyl (C=O) groups excluding carboxylic acids is 1. The highest BCUT2D eigenvalue weighted by Crippen LogP contribution is 2.21. The van der Waals surface area contributed by atoms with Crippen molar-refractivity contribution < 1.29 is 9.53 Å². The molecule has 0 spiro atoms. The van der Waals surface area contributed by atoms with E-state index in [1.54, 1.807) is 0 Å². The van der Waals surface area contributed by atoms with E-state index in [1.807, 2.05) is 32.0 Å². The standard InChI is InChI=1S/C16H24N2O2/c1-4-17-16(19)13-7-5-11(2)15(9-13)18-10-14-8-6-12(3)20-14/h5,7,9,12,14,18H,4,6,8,10H2,1-3H3,(H,17,19). The van der Waals surface area contributed by atoms with E-state index in [9.17, 15) is 4.79 Å². The van der Waals surface area contributed by atoms with Gasteiger partial charge in [-0.3, -0.25) is 4.79 Å². The molecule has 0 bridgehead atoms. The lowest BCUT2D eigenvalue weighted by atomic mass is 10.1. The van der Waals surface area contributed by atoms with Crippen molar-refractivity contribution in [1.29, 1.82) is 0 Å². The largest absolute Gasteiger partial charge is 0.382 e. The van der Waals surface area contributed by atoms with Crippen molar-refractivity contribution in [3.8, 4) is 0 Å². The lowest BCUT2D eigenvalue weighted by Gasteiger charge is -2.15. The van der Waals surface area contributed by atoms with Crippen molar-refractivity contribution in [1.82, 2.24) is 5.32 Å². The topological polar surface area (TPSA) is 50.4 Å². The van der Waals surface area contributed by atoms with Gasteiger partial charge in [-0.05, 0) is 51.3 Å². The maximum Gasteiger partial charge on any atom is 0.251 e. The monoisotopic (exact) mass is 276 g/mol. The minimum atomic E-state index is -0.0266. The Bertz CT molecular complexity index is 474. The first-order chi connectivity index (χ1) is 9.60. The van der Waals surface area contributed by atoms with Gasteiger partial charge in [0.1, 0.15) is 0 Å². The second-order valence-corrected chi connectivity index (χ2v) is 5.42. The van der Waals surface area contributed by atoms with Gasteiger partial charge in [-0.25, -0.2) is 0 Å². The number of carbonyl (C=O) groups is 1. The Morgan fingerprint density at radius 1 is 1.40 bits per heavy atom. The zero-order valence-electron chi connectivity index (χ0n) is 12.5. The number of aryl methyl sites for hydroxylation is 1. The van der Waals surface area contributed by atoms with Crippen LogP contribution in [-0.4, -0.2) is 31.2 Å². The Morgan fingerprint density at radius 3 is 2.85 bits per heavy atom. The van der Waals surface area contributed by atoms with E-state index < -0.39 is 0 Å². The molecule has 1 heterocycles. The van der Waals surface area contributed by atoms with Gasteiger partial charge in [-0.1, -0.05) is 6.07 Å². The van der Waals surface area contributed by atoms with Crippen LogP contribution in [0.4, 0.5) is 5.69 Å².